The number of hydrogen-bond acceptors (Lipinski definition) is 14. The summed E-state index contributed by atoms with van der Waals surface area (Å²) in [5.41, 5.74) is 0.864. The summed E-state index contributed by atoms with van der Waals surface area (Å²) >= 11 is 11.3. The number of hydrogen-bond donors (Lipinski definition) is 0. The second-order valence-corrected chi connectivity index (χ2v) is 15.2. The van der Waals surface area contributed by atoms with Crippen LogP contribution in [0.1, 0.15) is 64.6 Å². The van der Waals surface area contributed by atoms with E-state index in [1.807, 2.05) is 56.3 Å². The van der Waals surface area contributed by atoms with E-state index in [0.29, 0.717) is 56.7 Å². The van der Waals surface area contributed by atoms with Gasteiger partial charge >= 0.3 is 29.6 Å². The van der Waals surface area contributed by atoms with E-state index in [2.05, 4.69) is 0 Å². The molecule has 0 heterocycles. The Morgan fingerprint density at radius 3 is 1.23 bits per heavy atom. The zero-order valence-corrected chi connectivity index (χ0v) is 42.2. The Hall–Kier alpha value is -7.58. The molecule has 0 aliphatic rings. The van der Waals surface area contributed by atoms with E-state index in [4.69, 9.17) is 37.4 Å². The van der Waals surface area contributed by atoms with Gasteiger partial charge in [0.05, 0.1) is 42.5 Å². The summed E-state index contributed by atoms with van der Waals surface area (Å²) in [5, 5.41) is 53.6. The number of rotatable bonds is 13. The number of nitrogens with zero attached hydrogens (tertiary/aromatic N) is 4. The van der Waals surface area contributed by atoms with Crippen LogP contribution in [0.15, 0.2) is 164 Å². The van der Waals surface area contributed by atoms with Gasteiger partial charge in [-0.05, 0) is 85.6 Å². The van der Waals surface area contributed by atoms with Crippen LogP contribution in [0.5, 0.6) is 28.7 Å². The fraction of sp³-hybridized carbons (Fsp3) is 0.120. The average molecular weight is 1020 g/mol. The number of aldehydes is 2. The Labute approximate surface area is 439 Å². The van der Waals surface area contributed by atoms with E-state index in [9.17, 15) is 55.2 Å². The second kappa shape index (κ2) is 30.8. The third-order valence-electron chi connectivity index (χ3n) is 9.13. The molecule has 1 atom stereocenters. The molecule has 7 aromatic carbocycles. The fourth-order valence-corrected chi connectivity index (χ4v) is 6.04. The van der Waals surface area contributed by atoms with Gasteiger partial charge in [-0.15, -0.1) is 5.75 Å². The van der Waals surface area contributed by atoms with Gasteiger partial charge in [0, 0.05) is 47.0 Å². The van der Waals surface area contributed by atoms with Gasteiger partial charge in [-0.1, -0.05) is 104 Å². The van der Waals surface area contributed by atoms with Gasteiger partial charge in [-0.3, -0.25) is 50.0 Å². The van der Waals surface area contributed by atoms with Crippen molar-refractivity contribution in [1.29, 1.82) is 0 Å². The van der Waals surface area contributed by atoms with Crippen LogP contribution in [0.4, 0.5) is 22.7 Å². The number of methoxy groups -OCH3 is 1. The molecule has 21 heteroatoms. The number of para-hydroxylation sites is 3. The van der Waals surface area contributed by atoms with Gasteiger partial charge in [0.15, 0.2) is 12.6 Å². The molecule has 0 amide bonds. The molecule has 18 nitrogen and oxygen atoms in total. The molecule has 0 aliphatic heterocycles. The zero-order valence-electron chi connectivity index (χ0n) is 38.7. The Balaban J connectivity index is 0.000000312. The summed E-state index contributed by atoms with van der Waals surface area (Å²) in [4.78, 5) is 61.6. The number of carbonyl (C=O) groups is 2. The molecule has 0 aliphatic carbocycles. The first-order chi connectivity index (χ1) is 33.4. The van der Waals surface area contributed by atoms with Crippen LogP contribution in [-0.2, 0) is 4.74 Å². The van der Waals surface area contributed by atoms with Crippen LogP contribution in [0.25, 0.3) is 0 Å². The summed E-state index contributed by atoms with van der Waals surface area (Å²) < 4.78 is 16.2. The van der Waals surface area contributed by atoms with Crippen molar-refractivity contribution in [2.24, 2.45) is 0 Å². The molecule has 0 radical (unpaired) electrons. The second-order valence-electron chi connectivity index (χ2n) is 14.3. The van der Waals surface area contributed by atoms with Crippen molar-refractivity contribution < 1.29 is 78.2 Å². The first-order valence-corrected chi connectivity index (χ1v) is 21.2. The van der Waals surface area contributed by atoms with Crippen LogP contribution >= 0.6 is 23.2 Å². The molecule has 71 heavy (non-hydrogen) atoms. The number of nitro groups is 4. The zero-order chi connectivity index (χ0) is 51.8. The third-order valence-corrected chi connectivity index (χ3v) is 9.60. The quantitative estimate of drug-likeness (QED) is 0.0450. The minimum atomic E-state index is -0.625. The first kappa shape index (κ1) is 59.5. The monoisotopic (exact) mass is 1020 g/mol. The van der Waals surface area contributed by atoms with Crippen LogP contribution in [0.3, 0.4) is 0 Å². The minimum Gasteiger partial charge on any atom is -0.872 e. The molecule has 0 bridgehead atoms. The molecular weight excluding hydrogens is 974 g/mol. The summed E-state index contributed by atoms with van der Waals surface area (Å²) in [6.07, 6.45) is 0.508. The van der Waals surface area contributed by atoms with Crippen molar-refractivity contribution in [2.75, 3.05) is 7.11 Å². The number of halogens is 2. The summed E-state index contributed by atoms with van der Waals surface area (Å²) in [7, 11) is 1.50. The predicted octanol–water partition coefficient (Wildman–Crippen LogP) is 10.5. The molecule has 0 saturated heterocycles. The van der Waals surface area contributed by atoms with Crippen molar-refractivity contribution in [1.82, 2.24) is 0 Å². The van der Waals surface area contributed by atoms with Gasteiger partial charge in [0.25, 0.3) is 22.7 Å². The molecule has 7 rings (SSSR count). The number of benzene rings is 7. The van der Waals surface area contributed by atoms with Crippen molar-refractivity contribution in [3.05, 3.63) is 237 Å². The maximum Gasteiger partial charge on any atom is 1.00 e. The smallest absolute Gasteiger partial charge is 0.872 e. The van der Waals surface area contributed by atoms with Crippen molar-refractivity contribution in [2.45, 2.75) is 32.8 Å². The molecule has 7 aromatic rings. The number of carbonyl (C=O) groups excluding carboxylic acids is 2. The summed E-state index contributed by atoms with van der Waals surface area (Å²) in [5.74, 6) is 2.45. The Bertz CT molecular complexity index is 2870. The maximum absolute atomic E-state index is 11.0. The van der Waals surface area contributed by atoms with Gasteiger partial charge in [0.1, 0.15) is 23.0 Å². The maximum atomic E-state index is 11.0. The fourth-order valence-electron chi connectivity index (χ4n) is 5.68. The molecule has 362 valence electrons. The van der Waals surface area contributed by atoms with E-state index in [1.54, 1.807) is 61.5 Å². The van der Waals surface area contributed by atoms with Gasteiger partial charge in [-0.25, -0.2) is 0 Å². The van der Waals surface area contributed by atoms with E-state index in [0.717, 1.165) is 0 Å². The van der Waals surface area contributed by atoms with E-state index < -0.39 is 14.8 Å². The van der Waals surface area contributed by atoms with Crippen LogP contribution in [0.2, 0.25) is 10.0 Å². The van der Waals surface area contributed by atoms with Crippen LogP contribution in [0, 0.1) is 40.5 Å². The van der Waals surface area contributed by atoms with Crippen molar-refractivity contribution in [3.63, 3.8) is 0 Å². The Morgan fingerprint density at radius 1 is 0.465 bits per heavy atom. The molecule has 0 spiro atoms. The van der Waals surface area contributed by atoms with E-state index in [-0.39, 0.29) is 86.1 Å². The van der Waals surface area contributed by atoms with Crippen molar-refractivity contribution in [3.8, 4) is 28.7 Å². The Kier molecular flexibility index (Phi) is 25.8. The van der Waals surface area contributed by atoms with E-state index in [1.165, 1.54) is 73.8 Å². The van der Waals surface area contributed by atoms with Crippen molar-refractivity contribution >= 4 is 58.5 Å². The first-order valence-electron chi connectivity index (χ1n) is 20.4. The van der Waals surface area contributed by atoms with Gasteiger partial charge in [-0.2, -0.15) is 0 Å². The summed E-state index contributed by atoms with van der Waals surface area (Å²) in [6, 6.07) is 43.8. The molecule has 0 N–H and O–H groups in total. The Morgan fingerprint density at radius 2 is 0.831 bits per heavy atom. The molecule has 0 saturated carbocycles. The SMILES string of the molecule is CC(C)c1cc(Oc2ccccc2)ccc1[N+](=O)[O-].COC(C)c1cc(Cl)ccc1[N+](=O)[O-].O=Cc1cc(Cl)ccc1[N+](=O)[O-].O=Cc1cc(Oc2ccccc2)ccc1[N+](=O)[O-].[Na+].[O-]c1ccccc1. The van der Waals surface area contributed by atoms with Crippen LogP contribution < -0.4 is 44.1 Å². The molecule has 0 aromatic heterocycles. The van der Waals surface area contributed by atoms with Gasteiger partial charge < -0.3 is 19.3 Å². The molecular formula is C50H43Cl2N4NaO14. The topological polar surface area (TPSA) is 257 Å². The predicted molar refractivity (Wildman–Crippen MR) is 262 cm³/mol. The minimum absolute atomic E-state index is 0. The standard InChI is InChI=1S/C15H15NO3.C13H9NO4.C9H10ClNO3.C7H4ClNO3.C6H6O.Na/c1-11(2)14-10-13(8-9-15(14)16(17)18)19-12-6-4-3-5-7-12;15-9-10-8-12(6-7-13(10)14(16)17)18-11-4-2-1-3-5-11;1-6(14-2)8-5-7(10)3-4-9(8)11(12)13;8-6-1-2-7(9(11)12)5(3-6)4-10;7-6-4-2-1-3-5-6;/h3-11H,1-2H3;1-9H;3-6H,1-2H3;1-4H;1-5,7H;/q;;;;;+1/p-1. The number of nitro benzene ring substituents is 4. The summed E-state index contributed by atoms with van der Waals surface area (Å²) in [6.45, 7) is 5.59. The number of ether oxygens (including phenoxy) is 3. The van der Waals surface area contributed by atoms with Crippen LogP contribution in [-0.4, -0.2) is 39.4 Å². The normalized spacial score (nSPS) is 10.2. The molecule has 0 fully saturated rings. The van der Waals surface area contributed by atoms with E-state index >= 15 is 0 Å². The largest absolute Gasteiger partial charge is 1.00 e. The third kappa shape index (κ3) is 20.1. The van der Waals surface area contributed by atoms with Gasteiger partial charge in [0.2, 0.25) is 0 Å². The molecule has 1 unspecified atom stereocenters. The average Bonchev–Trinajstić information content (AvgIpc) is 3.35.